The highest BCUT2D eigenvalue weighted by Gasteiger charge is 2.19. The van der Waals surface area contributed by atoms with Crippen LogP contribution in [0.15, 0.2) is 36.5 Å². The predicted molar refractivity (Wildman–Crippen MR) is 284 cm³/mol. The Bertz CT molecular complexity index is 1110. The van der Waals surface area contributed by atoms with E-state index in [9.17, 15) is 14.4 Å². The van der Waals surface area contributed by atoms with Gasteiger partial charge < -0.3 is 14.2 Å². The molecular formula is C60H110O6. The SMILES string of the molecule is CCCC/C=C\CCCCCCCC(=O)OCC(COC(=O)CCCCCCCCCCC/C=C\C/C=C\CCCCC)OC(=O)CCCCCCCCCCCCCCCCCCCC. The van der Waals surface area contributed by atoms with Gasteiger partial charge in [0, 0.05) is 19.3 Å². The third-order valence-electron chi connectivity index (χ3n) is 12.9. The number of rotatable bonds is 53. The summed E-state index contributed by atoms with van der Waals surface area (Å²) in [6.45, 7) is 6.61. The summed E-state index contributed by atoms with van der Waals surface area (Å²) in [7, 11) is 0. The summed E-state index contributed by atoms with van der Waals surface area (Å²) in [5.41, 5.74) is 0. The van der Waals surface area contributed by atoms with Crippen molar-refractivity contribution < 1.29 is 28.6 Å². The molecule has 0 aromatic heterocycles. The van der Waals surface area contributed by atoms with Crippen LogP contribution in [0.5, 0.6) is 0 Å². The van der Waals surface area contributed by atoms with Gasteiger partial charge in [0.05, 0.1) is 0 Å². The normalized spacial score (nSPS) is 12.2. The number of allylic oxidation sites excluding steroid dienone is 6. The Kier molecular flexibility index (Phi) is 53.2. The summed E-state index contributed by atoms with van der Waals surface area (Å²) in [5.74, 6) is -0.870. The van der Waals surface area contributed by atoms with Crippen molar-refractivity contribution in [3.05, 3.63) is 36.5 Å². The number of hydrogen-bond acceptors (Lipinski definition) is 6. The summed E-state index contributed by atoms with van der Waals surface area (Å²) in [5, 5.41) is 0. The zero-order chi connectivity index (χ0) is 47.9. The van der Waals surface area contributed by atoms with Gasteiger partial charge in [-0.25, -0.2) is 0 Å². The minimum atomic E-state index is -0.774. The molecule has 0 aliphatic heterocycles. The maximum atomic E-state index is 12.8. The maximum absolute atomic E-state index is 12.8. The molecule has 0 rings (SSSR count). The highest BCUT2D eigenvalue weighted by Crippen LogP contribution is 2.17. The molecule has 1 unspecified atom stereocenters. The largest absolute Gasteiger partial charge is 0.462 e. The van der Waals surface area contributed by atoms with E-state index in [1.165, 1.54) is 199 Å². The molecule has 0 spiro atoms. The van der Waals surface area contributed by atoms with Gasteiger partial charge in [-0.15, -0.1) is 0 Å². The number of unbranched alkanes of at least 4 members (excludes halogenated alkanes) is 36. The minimum Gasteiger partial charge on any atom is -0.462 e. The van der Waals surface area contributed by atoms with Crippen LogP contribution >= 0.6 is 0 Å². The minimum absolute atomic E-state index is 0.0736. The fourth-order valence-electron chi connectivity index (χ4n) is 8.46. The summed E-state index contributed by atoms with van der Waals surface area (Å²) in [6, 6.07) is 0. The fraction of sp³-hybridized carbons (Fsp3) is 0.850. The first-order chi connectivity index (χ1) is 32.5. The van der Waals surface area contributed by atoms with Gasteiger partial charge in [-0.05, 0) is 70.6 Å². The molecule has 0 aromatic carbocycles. The standard InChI is InChI=1S/C60H110O6/c1-4-7-10-13-16-19-22-24-26-28-30-32-33-35-38-41-44-47-50-53-59(62)65-56-57(55-64-58(61)52-49-46-43-40-37-21-18-15-12-9-6-3)66-60(63)54-51-48-45-42-39-36-34-31-29-27-25-23-20-17-14-11-8-5-2/h15-16,18-19,24,26,57H,4-14,17,20-23,25,27-56H2,1-3H3/b18-15-,19-16-,26-24-. The zero-order valence-electron chi connectivity index (χ0n) is 44.2. The topological polar surface area (TPSA) is 78.9 Å². The van der Waals surface area contributed by atoms with Crippen molar-refractivity contribution in [2.75, 3.05) is 13.2 Å². The van der Waals surface area contributed by atoms with Crippen LogP contribution in [0.4, 0.5) is 0 Å². The summed E-state index contributed by atoms with van der Waals surface area (Å²) in [6.07, 6.45) is 65.6. The first kappa shape index (κ1) is 63.6. The van der Waals surface area contributed by atoms with Crippen LogP contribution in [0, 0.1) is 0 Å². The highest BCUT2D eigenvalue weighted by molar-refractivity contribution is 5.71. The molecule has 1 atom stereocenters. The van der Waals surface area contributed by atoms with Crippen molar-refractivity contribution in [1.82, 2.24) is 0 Å². The van der Waals surface area contributed by atoms with E-state index in [-0.39, 0.29) is 31.1 Å². The lowest BCUT2D eigenvalue weighted by atomic mass is 10.0. The Labute approximate surface area is 410 Å². The molecule has 0 fully saturated rings. The van der Waals surface area contributed by atoms with Gasteiger partial charge in [0.1, 0.15) is 13.2 Å². The van der Waals surface area contributed by atoms with Crippen LogP contribution in [0.1, 0.15) is 310 Å². The van der Waals surface area contributed by atoms with E-state index in [0.29, 0.717) is 19.3 Å². The summed E-state index contributed by atoms with van der Waals surface area (Å²) >= 11 is 0. The number of carbonyl (C=O) groups excluding carboxylic acids is 3. The van der Waals surface area contributed by atoms with E-state index in [1.54, 1.807) is 0 Å². The van der Waals surface area contributed by atoms with Crippen LogP contribution in [-0.4, -0.2) is 37.2 Å². The molecule has 0 amide bonds. The summed E-state index contributed by atoms with van der Waals surface area (Å²) < 4.78 is 16.9. The molecule has 0 bridgehead atoms. The average Bonchev–Trinajstić information content (AvgIpc) is 3.31. The molecular weight excluding hydrogens is 817 g/mol. The number of carbonyl (C=O) groups is 3. The van der Waals surface area contributed by atoms with Crippen molar-refractivity contribution in [3.8, 4) is 0 Å². The van der Waals surface area contributed by atoms with Crippen molar-refractivity contribution >= 4 is 17.9 Å². The van der Waals surface area contributed by atoms with Crippen LogP contribution in [0.25, 0.3) is 0 Å². The van der Waals surface area contributed by atoms with Gasteiger partial charge in [-0.2, -0.15) is 0 Å². The first-order valence-electron chi connectivity index (χ1n) is 29.0. The second kappa shape index (κ2) is 55.2. The Balaban J connectivity index is 4.29. The molecule has 6 heteroatoms. The second-order valence-electron chi connectivity index (χ2n) is 19.6. The second-order valence-corrected chi connectivity index (χ2v) is 19.6. The Morgan fingerprint density at radius 1 is 0.303 bits per heavy atom. The van der Waals surface area contributed by atoms with Gasteiger partial charge in [0.15, 0.2) is 6.10 Å². The molecule has 0 saturated heterocycles. The fourth-order valence-corrected chi connectivity index (χ4v) is 8.46. The van der Waals surface area contributed by atoms with Crippen LogP contribution in [0.3, 0.4) is 0 Å². The third-order valence-corrected chi connectivity index (χ3v) is 12.9. The van der Waals surface area contributed by atoms with Crippen molar-refractivity contribution in [3.63, 3.8) is 0 Å². The summed E-state index contributed by atoms with van der Waals surface area (Å²) in [4.78, 5) is 38.1. The molecule has 386 valence electrons. The molecule has 0 heterocycles. The lowest BCUT2D eigenvalue weighted by Gasteiger charge is -2.18. The molecule has 0 aromatic rings. The molecule has 0 saturated carbocycles. The van der Waals surface area contributed by atoms with E-state index in [0.717, 1.165) is 70.6 Å². The zero-order valence-corrected chi connectivity index (χ0v) is 44.2. The Hall–Kier alpha value is -2.37. The first-order valence-corrected chi connectivity index (χ1v) is 29.0. The number of ether oxygens (including phenoxy) is 3. The van der Waals surface area contributed by atoms with E-state index in [1.807, 2.05) is 0 Å². The highest BCUT2D eigenvalue weighted by atomic mass is 16.6. The maximum Gasteiger partial charge on any atom is 0.306 e. The van der Waals surface area contributed by atoms with Crippen molar-refractivity contribution in [2.24, 2.45) is 0 Å². The van der Waals surface area contributed by atoms with E-state index in [4.69, 9.17) is 14.2 Å². The molecule has 0 aliphatic rings. The molecule has 0 N–H and O–H groups in total. The lowest BCUT2D eigenvalue weighted by Crippen LogP contribution is -2.30. The van der Waals surface area contributed by atoms with Gasteiger partial charge in [-0.1, -0.05) is 256 Å². The van der Waals surface area contributed by atoms with Crippen molar-refractivity contribution in [2.45, 2.75) is 316 Å². The van der Waals surface area contributed by atoms with Gasteiger partial charge >= 0.3 is 17.9 Å². The van der Waals surface area contributed by atoms with Gasteiger partial charge in [0.25, 0.3) is 0 Å². The van der Waals surface area contributed by atoms with Crippen molar-refractivity contribution in [1.29, 1.82) is 0 Å². The van der Waals surface area contributed by atoms with E-state index < -0.39 is 6.10 Å². The van der Waals surface area contributed by atoms with Gasteiger partial charge in [0.2, 0.25) is 0 Å². The average molecular weight is 928 g/mol. The monoisotopic (exact) mass is 927 g/mol. The smallest absolute Gasteiger partial charge is 0.306 e. The van der Waals surface area contributed by atoms with Crippen LogP contribution in [0.2, 0.25) is 0 Å². The number of esters is 3. The number of hydrogen-bond donors (Lipinski definition) is 0. The lowest BCUT2D eigenvalue weighted by molar-refractivity contribution is -0.167. The van der Waals surface area contributed by atoms with Crippen LogP contribution < -0.4 is 0 Å². The quantitative estimate of drug-likeness (QED) is 0.0262. The van der Waals surface area contributed by atoms with Gasteiger partial charge in [-0.3, -0.25) is 14.4 Å². The third kappa shape index (κ3) is 52.6. The van der Waals surface area contributed by atoms with E-state index >= 15 is 0 Å². The predicted octanol–water partition coefficient (Wildman–Crippen LogP) is 19.3. The molecule has 66 heavy (non-hydrogen) atoms. The molecule has 0 radical (unpaired) electrons. The Morgan fingerprint density at radius 2 is 0.561 bits per heavy atom. The Morgan fingerprint density at radius 3 is 0.924 bits per heavy atom. The molecule has 0 aliphatic carbocycles. The molecule has 6 nitrogen and oxygen atoms in total. The van der Waals surface area contributed by atoms with Crippen LogP contribution in [-0.2, 0) is 28.6 Å². The van der Waals surface area contributed by atoms with E-state index in [2.05, 4.69) is 57.2 Å².